The SMILES string of the molecule is CC(C)(C)OC(=O)N1CCCN(C(=O)OC(C)(C)C)CCN(C(=O)OC(C)(C)C)CCCN(CCCCC(=O)OC[C@@H]2CC[C@H](n3cnc4c(=O)[nH]cnc43)O2)CC1. The highest BCUT2D eigenvalue weighted by atomic mass is 16.6. The maximum absolute atomic E-state index is 13.4. The van der Waals surface area contributed by atoms with Crippen molar-refractivity contribution < 1.29 is 42.9 Å². The number of amides is 3. The van der Waals surface area contributed by atoms with Crippen LogP contribution in [0.15, 0.2) is 17.4 Å². The molecule has 0 aromatic carbocycles. The first kappa shape index (κ1) is 46.2. The molecule has 0 spiro atoms. The number of carbonyl (C=O) groups is 4. The molecule has 0 radical (unpaired) electrons. The van der Waals surface area contributed by atoms with Gasteiger partial charge in [-0.15, -0.1) is 0 Å². The van der Waals surface area contributed by atoms with Gasteiger partial charge in [0, 0.05) is 52.2 Å². The number of imidazole rings is 1. The van der Waals surface area contributed by atoms with E-state index >= 15 is 0 Å². The van der Waals surface area contributed by atoms with Crippen LogP contribution in [0, 0.1) is 0 Å². The van der Waals surface area contributed by atoms with Crippen molar-refractivity contribution in [3.63, 3.8) is 0 Å². The van der Waals surface area contributed by atoms with E-state index in [0.29, 0.717) is 90.0 Å². The highest BCUT2D eigenvalue weighted by molar-refractivity contribution is 5.71. The zero-order valence-corrected chi connectivity index (χ0v) is 36.0. The summed E-state index contributed by atoms with van der Waals surface area (Å²) in [6, 6.07) is 0. The van der Waals surface area contributed by atoms with Gasteiger partial charge in [-0.3, -0.25) is 14.2 Å². The standard InChI is InChI=1S/C40H66N8O10/c1-38(2,3)56-35(51)45-20-13-21-47(37(53)58-40(7,8)9)25-24-46(36(52)57-39(4,5)6)19-12-18-44(22-23-45)17-11-10-14-31(49)54-26-29-15-16-30(55-29)48-28-43-32-33(48)41-27-42-34(32)50/h27-30H,10-26H2,1-9H3,(H,41,42,50)/t29-,30+/m0/s1. The van der Waals surface area contributed by atoms with Crippen molar-refractivity contribution in [3.8, 4) is 0 Å². The molecule has 0 aliphatic carbocycles. The van der Waals surface area contributed by atoms with E-state index in [2.05, 4.69) is 19.9 Å². The van der Waals surface area contributed by atoms with E-state index in [0.717, 1.165) is 0 Å². The van der Waals surface area contributed by atoms with Gasteiger partial charge >= 0.3 is 24.2 Å². The third kappa shape index (κ3) is 15.4. The first-order valence-corrected chi connectivity index (χ1v) is 20.5. The van der Waals surface area contributed by atoms with Crippen molar-refractivity contribution in [2.45, 2.75) is 136 Å². The van der Waals surface area contributed by atoms with Crippen molar-refractivity contribution in [1.29, 1.82) is 0 Å². The van der Waals surface area contributed by atoms with Crippen LogP contribution in [-0.4, -0.2) is 152 Å². The van der Waals surface area contributed by atoms with Crippen molar-refractivity contribution in [2.75, 3.05) is 65.5 Å². The van der Waals surface area contributed by atoms with Gasteiger partial charge < -0.3 is 48.3 Å². The Morgan fingerprint density at radius 2 is 1.26 bits per heavy atom. The van der Waals surface area contributed by atoms with Crippen LogP contribution >= 0.6 is 0 Å². The lowest BCUT2D eigenvalue weighted by molar-refractivity contribution is -0.148. The lowest BCUT2D eigenvalue weighted by Crippen LogP contribution is -2.47. The molecule has 326 valence electrons. The zero-order valence-electron chi connectivity index (χ0n) is 36.0. The molecular weight excluding hydrogens is 752 g/mol. The average molecular weight is 819 g/mol. The fraction of sp³-hybridized carbons (Fsp3) is 0.775. The zero-order chi connectivity index (χ0) is 42.7. The predicted octanol–water partition coefficient (Wildman–Crippen LogP) is 5.32. The van der Waals surface area contributed by atoms with Crippen molar-refractivity contribution in [1.82, 2.24) is 39.1 Å². The molecule has 2 aliphatic heterocycles. The first-order valence-electron chi connectivity index (χ1n) is 20.5. The number of nitrogens with zero attached hydrogens (tertiary/aromatic N) is 7. The van der Waals surface area contributed by atoms with Gasteiger partial charge in [-0.2, -0.15) is 0 Å². The van der Waals surface area contributed by atoms with E-state index < -0.39 is 35.1 Å². The number of aromatic amines is 1. The maximum Gasteiger partial charge on any atom is 0.410 e. The number of hydrogen-bond acceptors (Lipinski definition) is 13. The number of carbonyl (C=O) groups excluding carboxylic acids is 4. The summed E-state index contributed by atoms with van der Waals surface area (Å²) in [5.41, 5.74) is -1.71. The van der Waals surface area contributed by atoms with Crippen LogP contribution in [0.3, 0.4) is 0 Å². The van der Waals surface area contributed by atoms with Gasteiger partial charge in [0.2, 0.25) is 0 Å². The van der Waals surface area contributed by atoms with E-state index in [-0.39, 0.29) is 55.5 Å². The Labute approximate surface area is 341 Å². The predicted molar refractivity (Wildman–Crippen MR) is 215 cm³/mol. The van der Waals surface area contributed by atoms with Gasteiger partial charge in [0.25, 0.3) is 5.56 Å². The lowest BCUT2D eigenvalue weighted by Gasteiger charge is -2.34. The number of rotatable bonds is 8. The van der Waals surface area contributed by atoms with Crippen LogP contribution in [0.2, 0.25) is 0 Å². The summed E-state index contributed by atoms with van der Waals surface area (Å²) < 4.78 is 30.6. The van der Waals surface area contributed by atoms with E-state index in [1.165, 1.54) is 6.33 Å². The minimum atomic E-state index is -0.705. The molecule has 2 fully saturated rings. The molecule has 2 aliphatic rings. The van der Waals surface area contributed by atoms with Crippen molar-refractivity contribution in [3.05, 3.63) is 23.0 Å². The van der Waals surface area contributed by atoms with E-state index in [1.54, 1.807) is 25.6 Å². The molecule has 2 aromatic heterocycles. The molecule has 2 saturated heterocycles. The number of fused-ring (bicyclic) bond motifs is 1. The van der Waals surface area contributed by atoms with Crippen LogP contribution in [0.5, 0.6) is 0 Å². The van der Waals surface area contributed by atoms with Crippen LogP contribution in [0.4, 0.5) is 14.4 Å². The molecule has 4 rings (SSSR count). The van der Waals surface area contributed by atoms with Crippen molar-refractivity contribution in [2.24, 2.45) is 0 Å². The summed E-state index contributed by atoms with van der Waals surface area (Å²) in [7, 11) is 0. The molecule has 0 unspecified atom stereocenters. The number of nitrogens with one attached hydrogen (secondary N) is 1. The molecule has 58 heavy (non-hydrogen) atoms. The number of esters is 1. The lowest BCUT2D eigenvalue weighted by atomic mass is 10.2. The highest BCUT2D eigenvalue weighted by Crippen LogP contribution is 2.30. The third-order valence-electron chi connectivity index (χ3n) is 9.34. The number of aromatic nitrogens is 4. The second-order valence-corrected chi connectivity index (χ2v) is 17.9. The average Bonchev–Trinajstić information content (AvgIpc) is 3.76. The first-order chi connectivity index (χ1) is 27.2. The summed E-state index contributed by atoms with van der Waals surface area (Å²) in [4.78, 5) is 82.8. The summed E-state index contributed by atoms with van der Waals surface area (Å²) in [6.45, 7) is 20.3. The second kappa shape index (κ2) is 20.5. The minimum Gasteiger partial charge on any atom is -0.463 e. The quantitative estimate of drug-likeness (QED) is 0.205. The summed E-state index contributed by atoms with van der Waals surface area (Å²) in [5.74, 6) is -0.307. The number of unbranched alkanes of at least 4 members (excludes halogenated alkanes) is 1. The van der Waals surface area contributed by atoms with Crippen LogP contribution in [0.25, 0.3) is 11.2 Å². The summed E-state index contributed by atoms with van der Waals surface area (Å²) in [6.07, 6.45) is 4.88. The Balaban J connectivity index is 1.34. The Bertz CT molecular complexity index is 1730. The fourth-order valence-electron chi connectivity index (χ4n) is 6.59. The molecule has 18 heteroatoms. The topological polar surface area (TPSA) is 191 Å². The van der Waals surface area contributed by atoms with Crippen LogP contribution < -0.4 is 5.56 Å². The number of H-pyrrole nitrogens is 1. The highest BCUT2D eigenvalue weighted by Gasteiger charge is 2.30. The Morgan fingerprint density at radius 1 is 0.724 bits per heavy atom. The molecule has 3 amide bonds. The van der Waals surface area contributed by atoms with E-state index in [9.17, 15) is 24.0 Å². The van der Waals surface area contributed by atoms with E-state index in [1.807, 2.05) is 62.3 Å². The molecule has 18 nitrogen and oxygen atoms in total. The summed E-state index contributed by atoms with van der Waals surface area (Å²) in [5, 5.41) is 0. The number of ether oxygens (including phenoxy) is 5. The largest absolute Gasteiger partial charge is 0.463 e. The van der Waals surface area contributed by atoms with Gasteiger partial charge in [-0.05, 0) is 114 Å². The molecule has 0 saturated carbocycles. The Kier molecular flexibility index (Phi) is 16.3. The number of hydrogen-bond donors (Lipinski definition) is 1. The van der Waals surface area contributed by atoms with Gasteiger partial charge in [0.05, 0.1) is 18.8 Å². The Morgan fingerprint density at radius 3 is 1.81 bits per heavy atom. The Hall–Kier alpha value is -4.45. The molecule has 2 atom stereocenters. The monoisotopic (exact) mass is 818 g/mol. The van der Waals surface area contributed by atoms with Gasteiger partial charge in [-0.1, -0.05) is 0 Å². The smallest absolute Gasteiger partial charge is 0.410 e. The normalized spacial score (nSPS) is 19.8. The molecular formula is C40H66N8O10. The summed E-state index contributed by atoms with van der Waals surface area (Å²) >= 11 is 0. The van der Waals surface area contributed by atoms with Crippen LogP contribution in [0.1, 0.15) is 113 Å². The fourth-order valence-corrected chi connectivity index (χ4v) is 6.59. The third-order valence-corrected chi connectivity index (χ3v) is 9.34. The van der Waals surface area contributed by atoms with Gasteiger partial charge in [-0.25, -0.2) is 24.4 Å². The van der Waals surface area contributed by atoms with Crippen molar-refractivity contribution >= 4 is 35.4 Å². The molecule has 2 aromatic rings. The maximum atomic E-state index is 13.4. The second-order valence-electron chi connectivity index (χ2n) is 17.9. The van der Waals surface area contributed by atoms with Gasteiger partial charge in [0.1, 0.15) is 29.6 Å². The molecule has 4 heterocycles. The van der Waals surface area contributed by atoms with E-state index in [4.69, 9.17) is 23.7 Å². The molecule has 0 bridgehead atoms. The van der Waals surface area contributed by atoms with Crippen LogP contribution in [-0.2, 0) is 28.5 Å². The van der Waals surface area contributed by atoms with Gasteiger partial charge in [0.15, 0.2) is 11.2 Å². The minimum absolute atomic E-state index is 0.131. The molecule has 1 N–H and O–H groups in total.